The zero-order chi connectivity index (χ0) is 23.7. The minimum Gasteiger partial charge on any atom is -0.368 e. The van der Waals surface area contributed by atoms with Crippen LogP contribution in [0.25, 0.3) is 11.2 Å². The van der Waals surface area contributed by atoms with Gasteiger partial charge in [0.1, 0.15) is 0 Å². The Kier molecular flexibility index (Phi) is 6.69. The molecule has 0 N–H and O–H groups in total. The number of halogens is 2. The molecule has 0 unspecified atom stereocenters. The van der Waals surface area contributed by atoms with Crippen molar-refractivity contribution in [2.45, 2.75) is 13.3 Å². The molecule has 0 radical (unpaired) electrons. The zero-order valence-electron chi connectivity index (χ0n) is 19.1. The van der Waals surface area contributed by atoms with Crippen molar-refractivity contribution in [2.75, 3.05) is 37.2 Å². The first-order valence-electron chi connectivity index (χ1n) is 11.5. The Balaban J connectivity index is 1.38. The number of piperazine rings is 1. The molecule has 0 aromatic carbocycles. The molecule has 1 fully saturated rings. The van der Waals surface area contributed by atoms with Gasteiger partial charge in [-0.1, -0.05) is 34.7 Å². The second-order valence-electron chi connectivity index (χ2n) is 8.71. The molecule has 34 heavy (non-hydrogen) atoms. The molecule has 176 valence electrons. The van der Waals surface area contributed by atoms with Crippen LogP contribution in [0, 0.1) is 12.7 Å². The number of alkyl halides is 1. The van der Waals surface area contributed by atoms with Crippen molar-refractivity contribution in [3.8, 4) is 0 Å². The smallest absolute Gasteiger partial charge is 0.255 e. The standard InChI is InChI=1S/C26H27FIN5O/c1-19-16-32-17-21(14-24(27)26(32)29-19)20-4-2-5-22-6-7-23(18-33(22)25(34)15-20)31-12-10-30(11-13-31)9-3-8-28/h2,4-7,14-18H,3,8-13H2,1H3/b4-2?,20-15?,22-5+. The lowest BCUT2D eigenvalue weighted by Gasteiger charge is -2.38. The van der Waals surface area contributed by atoms with Gasteiger partial charge in [0, 0.05) is 66.5 Å². The van der Waals surface area contributed by atoms with Crippen LogP contribution in [-0.4, -0.2) is 67.1 Å². The third-order valence-corrected chi connectivity index (χ3v) is 7.09. The number of carbonyl (C=O) groups excluding carboxylic acids is 1. The SMILES string of the molecule is Cc1cn2cc(C3=CC(=O)N4C=C(N5CCN(CCCI)CC5)C=C/C4=C\C=C3)cc(F)c2n1. The predicted octanol–water partition coefficient (Wildman–Crippen LogP) is 4.30. The van der Waals surface area contributed by atoms with Gasteiger partial charge in [0.15, 0.2) is 11.5 Å². The summed E-state index contributed by atoms with van der Waals surface area (Å²) in [5.74, 6) is -0.568. The highest BCUT2D eigenvalue weighted by molar-refractivity contribution is 14.1. The molecule has 5 heterocycles. The number of hydrogen-bond acceptors (Lipinski definition) is 4. The molecule has 1 amide bonds. The largest absolute Gasteiger partial charge is 0.368 e. The molecule has 5 rings (SSSR count). The van der Waals surface area contributed by atoms with Gasteiger partial charge in [-0.3, -0.25) is 14.6 Å². The number of rotatable bonds is 5. The minimum atomic E-state index is -0.411. The maximum Gasteiger partial charge on any atom is 0.255 e. The van der Waals surface area contributed by atoms with E-state index in [0.717, 1.165) is 49.8 Å². The lowest BCUT2D eigenvalue weighted by atomic mass is 10.0. The highest BCUT2D eigenvalue weighted by Gasteiger charge is 2.23. The maximum atomic E-state index is 14.6. The summed E-state index contributed by atoms with van der Waals surface area (Å²) >= 11 is 2.43. The molecule has 0 atom stereocenters. The first-order chi connectivity index (χ1) is 16.5. The van der Waals surface area contributed by atoms with Crippen molar-refractivity contribution in [2.24, 2.45) is 0 Å². The fourth-order valence-electron chi connectivity index (χ4n) is 4.55. The molecule has 1 saturated heterocycles. The summed E-state index contributed by atoms with van der Waals surface area (Å²) in [7, 11) is 0. The van der Waals surface area contributed by atoms with Gasteiger partial charge in [-0.2, -0.15) is 0 Å². The molecule has 2 aromatic heterocycles. The first-order valence-corrected chi connectivity index (χ1v) is 13.1. The van der Waals surface area contributed by atoms with Crippen molar-refractivity contribution in [3.05, 3.63) is 89.6 Å². The van der Waals surface area contributed by atoms with Crippen molar-refractivity contribution in [1.29, 1.82) is 0 Å². The Morgan fingerprint density at radius 3 is 2.68 bits per heavy atom. The van der Waals surface area contributed by atoms with E-state index in [1.165, 1.54) is 16.9 Å². The van der Waals surface area contributed by atoms with Crippen LogP contribution >= 0.6 is 22.6 Å². The van der Waals surface area contributed by atoms with E-state index in [1.807, 2.05) is 43.6 Å². The second-order valence-corrected chi connectivity index (χ2v) is 9.79. The number of nitrogens with zero attached hydrogens (tertiary/aromatic N) is 5. The fourth-order valence-corrected chi connectivity index (χ4v) is 4.89. The van der Waals surface area contributed by atoms with Gasteiger partial charge in [0.05, 0.1) is 11.4 Å². The van der Waals surface area contributed by atoms with E-state index >= 15 is 0 Å². The number of allylic oxidation sites excluding steroid dienone is 6. The third kappa shape index (κ3) is 4.74. The van der Waals surface area contributed by atoms with Crippen LogP contribution in [0.15, 0.2) is 72.5 Å². The summed E-state index contributed by atoms with van der Waals surface area (Å²) in [4.78, 5) is 24.0. The Hall–Kier alpha value is -2.72. The van der Waals surface area contributed by atoms with E-state index in [0.29, 0.717) is 11.1 Å². The van der Waals surface area contributed by atoms with Crippen LogP contribution in [0.3, 0.4) is 0 Å². The number of hydrogen-bond donors (Lipinski definition) is 0. The molecule has 0 spiro atoms. The summed E-state index contributed by atoms with van der Waals surface area (Å²) < 4.78 is 17.5. The molecule has 0 saturated carbocycles. The van der Waals surface area contributed by atoms with Crippen molar-refractivity contribution < 1.29 is 9.18 Å². The predicted molar refractivity (Wildman–Crippen MR) is 141 cm³/mol. The molecule has 3 aliphatic rings. The van der Waals surface area contributed by atoms with Crippen LogP contribution in [0.2, 0.25) is 0 Å². The van der Waals surface area contributed by atoms with Crippen molar-refractivity contribution in [3.63, 3.8) is 0 Å². The van der Waals surface area contributed by atoms with Crippen LogP contribution in [0.4, 0.5) is 4.39 Å². The number of carbonyl (C=O) groups is 1. The Morgan fingerprint density at radius 2 is 1.88 bits per heavy atom. The molecule has 6 nitrogen and oxygen atoms in total. The van der Waals surface area contributed by atoms with Crippen molar-refractivity contribution in [1.82, 2.24) is 24.1 Å². The van der Waals surface area contributed by atoms with Gasteiger partial charge >= 0.3 is 0 Å². The summed E-state index contributed by atoms with van der Waals surface area (Å²) in [6.45, 7) is 6.94. The van der Waals surface area contributed by atoms with Gasteiger partial charge in [0.25, 0.3) is 5.91 Å². The molecular weight excluding hydrogens is 544 g/mol. The average Bonchev–Trinajstić information content (AvgIpc) is 3.22. The highest BCUT2D eigenvalue weighted by Crippen LogP contribution is 2.26. The van der Waals surface area contributed by atoms with E-state index in [2.05, 4.69) is 43.5 Å². The molecule has 0 aliphatic carbocycles. The Labute approximate surface area is 212 Å². The molecule has 3 aliphatic heterocycles. The monoisotopic (exact) mass is 571 g/mol. The summed E-state index contributed by atoms with van der Waals surface area (Å²) in [5, 5.41) is 0. The number of amides is 1. The third-order valence-electron chi connectivity index (χ3n) is 6.33. The van der Waals surface area contributed by atoms with Gasteiger partial charge < -0.3 is 9.30 Å². The van der Waals surface area contributed by atoms with Crippen LogP contribution in [-0.2, 0) is 4.79 Å². The van der Waals surface area contributed by atoms with E-state index in [1.54, 1.807) is 21.6 Å². The Bertz CT molecular complexity index is 1260. The normalized spacial score (nSPS) is 20.6. The topological polar surface area (TPSA) is 44.1 Å². The molecule has 8 heteroatoms. The lowest BCUT2D eigenvalue weighted by molar-refractivity contribution is -0.122. The average molecular weight is 571 g/mol. The molecule has 0 bridgehead atoms. The minimum absolute atomic E-state index is 0.157. The summed E-state index contributed by atoms with van der Waals surface area (Å²) in [6, 6.07) is 1.44. The molecular formula is C26H27FIN5O. The lowest BCUT2D eigenvalue weighted by Crippen LogP contribution is -2.46. The van der Waals surface area contributed by atoms with Crippen LogP contribution in [0.5, 0.6) is 0 Å². The van der Waals surface area contributed by atoms with E-state index in [-0.39, 0.29) is 11.6 Å². The van der Waals surface area contributed by atoms with Crippen LogP contribution in [0.1, 0.15) is 17.7 Å². The van der Waals surface area contributed by atoms with E-state index < -0.39 is 5.82 Å². The van der Waals surface area contributed by atoms with Gasteiger partial charge in [-0.05, 0) is 49.8 Å². The summed E-state index contributed by atoms with van der Waals surface area (Å²) in [5.41, 5.74) is 4.16. The van der Waals surface area contributed by atoms with Crippen molar-refractivity contribution >= 4 is 39.7 Å². The number of imidazole rings is 1. The quantitative estimate of drug-likeness (QED) is 0.397. The Morgan fingerprint density at radius 1 is 1.09 bits per heavy atom. The molecule has 2 aromatic rings. The van der Waals surface area contributed by atoms with Crippen LogP contribution < -0.4 is 0 Å². The number of fused-ring (bicyclic) bond motifs is 2. The van der Waals surface area contributed by atoms with E-state index in [4.69, 9.17) is 0 Å². The first kappa shape index (κ1) is 23.0. The van der Waals surface area contributed by atoms with Gasteiger partial charge in [-0.15, -0.1) is 0 Å². The summed E-state index contributed by atoms with van der Waals surface area (Å²) in [6.07, 6.45) is 18.0. The van der Waals surface area contributed by atoms with Gasteiger partial charge in [0.2, 0.25) is 0 Å². The number of aryl methyl sites for hydroxylation is 1. The highest BCUT2D eigenvalue weighted by atomic mass is 127. The van der Waals surface area contributed by atoms with E-state index in [9.17, 15) is 9.18 Å². The zero-order valence-corrected chi connectivity index (χ0v) is 21.3. The fraction of sp³-hybridized carbons (Fsp3) is 0.308. The second kappa shape index (κ2) is 9.87. The number of aromatic nitrogens is 2. The maximum absolute atomic E-state index is 14.6. The number of pyridine rings is 1. The van der Waals surface area contributed by atoms with Gasteiger partial charge in [-0.25, -0.2) is 9.37 Å².